The van der Waals surface area contributed by atoms with Crippen LogP contribution in [0.3, 0.4) is 0 Å². The van der Waals surface area contributed by atoms with Gasteiger partial charge in [-0.25, -0.2) is 4.98 Å². The molecule has 30 heavy (non-hydrogen) atoms. The van der Waals surface area contributed by atoms with E-state index >= 15 is 0 Å². The average Bonchev–Trinajstić information content (AvgIpc) is 3.52. The number of rotatable bonds is 8. The minimum absolute atomic E-state index is 0.184. The highest BCUT2D eigenvalue weighted by Gasteiger charge is 2.32. The summed E-state index contributed by atoms with van der Waals surface area (Å²) in [5.74, 6) is -1.91. The summed E-state index contributed by atoms with van der Waals surface area (Å²) in [5.41, 5.74) is 7.49. The standard InChI is InChI=1S/C23H21N3O3S/c24-21(28)19(27)17(13-14-7-3-1-4-8-14)25-22(29)20-18(15-9-5-2-6-10-15)26-23(30-20)16-11-12-16/h1-10,16-17H,11-13H2,(H2,24,28)(H,25,29). The Morgan fingerprint density at radius 2 is 1.67 bits per heavy atom. The summed E-state index contributed by atoms with van der Waals surface area (Å²) >= 11 is 1.35. The number of thiazole rings is 1. The Bertz CT molecular complexity index is 1080. The van der Waals surface area contributed by atoms with Gasteiger partial charge in [0.25, 0.3) is 11.8 Å². The van der Waals surface area contributed by atoms with Crippen molar-refractivity contribution in [1.29, 1.82) is 0 Å². The van der Waals surface area contributed by atoms with Crippen LogP contribution in [-0.2, 0) is 16.0 Å². The van der Waals surface area contributed by atoms with Gasteiger partial charge in [-0.2, -0.15) is 0 Å². The number of ketones is 1. The molecule has 1 fully saturated rings. The molecule has 0 saturated heterocycles. The van der Waals surface area contributed by atoms with Gasteiger partial charge >= 0.3 is 0 Å². The van der Waals surface area contributed by atoms with Crippen molar-refractivity contribution >= 4 is 28.9 Å². The lowest BCUT2D eigenvalue weighted by atomic mass is 10.0. The third-order valence-corrected chi connectivity index (χ3v) is 6.19. The molecule has 0 aliphatic heterocycles. The van der Waals surface area contributed by atoms with Crippen molar-refractivity contribution in [2.24, 2.45) is 5.73 Å². The molecule has 1 aliphatic rings. The van der Waals surface area contributed by atoms with Crippen molar-refractivity contribution in [2.75, 3.05) is 0 Å². The molecule has 1 heterocycles. The molecule has 152 valence electrons. The van der Waals surface area contributed by atoms with Gasteiger partial charge in [0.1, 0.15) is 10.9 Å². The molecular weight excluding hydrogens is 398 g/mol. The van der Waals surface area contributed by atoms with Crippen molar-refractivity contribution < 1.29 is 14.4 Å². The maximum atomic E-state index is 13.2. The summed E-state index contributed by atoms with van der Waals surface area (Å²) in [6.45, 7) is 0. The molecule has 1 atom stereocenters. The molecule has 1 saturated carbocycles. The molecule has 3 N–H and O–H groups in total. The van der Waals surface area contributed by atoms with Crippen molar-refractivity contribution in [1.82, 2.24) is 10.3 Å². The quantitative estimate of drug-likeness (QED) is 0.548. The van der Waals surface area contributed by atoms with E-state index in [4.69, 9.17) is 10.7 Å². The second-order valence-corrected chi connectivity index (χ2v) is 8.35. The Morgan fingerprint density at radius 3 is 2.27 bits per heavy atom. The Kier molecular flexibility index (Phi) is 5.72. The summed E-state index contributed by atoms with van der Waals surface area (Å²) in [6, 6.07) is 17.6. The predicted molar refractivity (Wildman–Crippen MR) is 115 cm³/mol. The summed E-state index contributed by atoms with van der Waals surface area (Å²) in [5, 5.41) is 3.66. The lowest BCUT2D eigenvalue weighted by molar-refractivity contribution is -0.137. The van der Waals surface area contributed by atoms with Crippen LogP contribution in [0, 0.1) is 0 Å². The van der Waals surface area contributed by atoms with Gasteiger partial charge < -0.3 is 11.1 Å². The van der Waals surface area contributed by atoms with E-state index in [9.17, 15) is 14.4 Å². The maximum absolute atomic E-state index is 13.2. The predicted octanol–water partition coefficient (Wildman–Crippen LogP) is 3.08. The molecule has 1 unspecified atom stereocenters. The first-order chi connectivity index (χ1) is 14.5. The SMILES string of the molecule is NC(=O)C(=O)C(Cc1ccccc1)NC(=O)c1sc(C2CC2)nc1-c1ccccc1. The van der Waals surface area contributed by atoms with Crippen LogP contribution in [-0.4, -0.2) is 28.6 Å². The van der Waals surface area contributed by atoms with E-state index in [1.165, 1.54) is 11.3 Å². The molecule has 2 amide bonds. The molecule has 7 heteroatoms. The van der Waals surface area contributed by atoms with E-state index in [1.807, 2.05) is 60.7 Å². The van der Waals surface area contributed by atoms with Gasteiger partial charge in [0.05, 0.1) is 10.7 Å². The molecule has 0 bridgehead atoms. The summed E-state index contributed by atoms with van der Waals surface area (Å²) in [7, 11) is 0. The normalized spacial score (nSPS) is 14.1. The number of benzene rings is 2. The highest BCUT2D eigenvalue weighted by Crippen LogP contribution is 2.44. The monoisotopic (exact) mass is 419 g/mol. The van der Waals surface area contributed by atoms with E-state index in [2.05, 4.69) is 5.32 Å². The maximum Gasteiger partial charge on any atom is 0.287 e. The van der Waals surface area contributed by atoms with Crippen LogP contribution >= 0.6 is 11.3 Å². The first-order valence-electron chi connectivity index (χ1n) is 9.77. The Hall–Kier alpha value is -3.32. The van der Waals surface area contributed by atoms with Crippen LogP contribution in [0.25, 0.3) is 11.3 Å². The van der Waals surface area contributed by atoms with Crippen LogP contribution in [0.15, 0.2) is 60.7 Å². The van der Waals surface area contributed by atoms with Crippen LogP contribution in [0.1, 0.15) is 39.0 Å². The van der Waals surface area contributed by atoms with Crippen LogP contribution in [0.5, 0.6) is 0 Å². The van der Waals surface area contributed by atoms with Gasteiger partial charge in [0.2, 0.25) is 5.78 Å². The molecule has 3 aromatic rings. The van der Waals surface area contributed by atoms with Crippen molar-refractivity contribution in [2.45, 2.75) is 31.2 Å². The lowest BCUT2D eigenvalue weighted by Gasteiger charge is -2.16. The number of primary amides is 1. The number of carbonyl (C=O) groups excluding carboxylic acids is 3. The second kappa shape index (κ2) is 8.59. The largest absolute Gasteiger partial charge is 0.363 e. The van der Waals surface area contributed by atoms with Crippen LogP contribution < -0.4 is 11.1 Å². The molecular formula is C23H21N3O3S. The fourth-order valence-electron chi connectivity index (χ4n) is 3.24. The average molecular weight is 420 g/mol. The zero-order valence-corrected chi connectivity index (χ0v) is 17.0. The van der Waals surface area contributed by atoms with Gasteiger partial charge in [-0.05, 0) is 18.4 Å². The van der Waals surface area contributed by atoms with Crippen LogP contribution in [0.4, 0.5) is 0 Å². The van der Waals surface area contributed by atoms with Gasteiger partial charge in [0.15, 0.2) is 0 Å². The zero-order valence-electron chi connectivity index (χ0n) is 16.2. The molecule has 2 aromatic carbocycles. The number of carbonyl (C=O) groups is 3. The van der Waals surface area contributed by atoms with Gasteiger partial charge in [0, 0.05) is 17.9 Å². The first kappa shape index (κ1) is 20.0. The highest BCUT2D eigenvalue weighted by atomic mass is 32.1. The lowest BCUT2D eigenvalue weighted by Crippen LogP contribution is -2.47. The Morgan fingerprint density at radius 1 is 1.03 bits per heavy atom. The summed E-state index contributed by atoms with van der Waals surface area (Å²) < 4.78 is 0. The number of Topliss-reactive ketones (excluding diaryl/α,β-unsaturated/α-hetero) is 1. The Balaban J connectivity index is 1.63. The first-order valence-corrected chi connectivity index (χ1v) is 10.6. The van der Waals surface area contributed by atoms with E-state index < -0.39 is 23.6 Å². The smallest absolute Gasteiger partial charge is 0.287 e. The van der Waals surface area contributed by atoms with E-state index in [-0.39, 0.29) is 6.42 Å². The molecule has 1 aliphatic carbocycles. The van der Waals surface area contributed by atoms with E-state index in [0.717, 1.165) is 29.0 Å². The van der Waals surface area contributed by atoms with Crippen molar-refractivity contribution in [3.8, 4) is 11.3 Å². The number of hydrogen-bond acceptors (Lipinski definition) is 5. The number of aromatic nitrogens is 1. The number of nitrogens with zero attached hydrogens (tertiary/aromatic N) is 1. The van der Waals surface area contributed by atoms with Gasteiger partial charge in [-0.1, -0.05) is 60.7 Å². The third kappa shape index (κ3) is 4.46. The molecule has 1 aromatic heterocycles. The number of nitrogens with one attached hydrogen (secondary N) is 1. The molecule has 0 radical (unpaired) electrons. The third-order valence-electron chi connectivity index (χ3n) is 4.97. The van der Waals surface area contributed by atoms with E-state index in [1.54, 1.807) is 0 Å². The van der Waals surface area contributed by atoms with Crippen molar-refractivity contribution in [3.63, 3.8) is 0 Å². The number of amides is 2. The minimum Gasteiger partial charge on any atom is -0.363 e. The van der Waals surface area contributed by atoms with Gasteiger partial charge in [-0.3, -0.25) is 14.4 Å². The second-order valence-electron chi connectivity index (χ2n) is 7.31. The van der Waals surface area contributed by atoms with Crippen LogP contribution in [0.2, 0.25) is 0 Å². The molecule has 4 rings (SSSR count). The fraction of sp³-hybridized carbons (Fsp3) is 0.217. The van der Waals surface area contributed by atoms with E-state index in [0.29, 0.717) is 16.5 Å². The fourth-order valence-corrected chi connectivity index (χ4v) is 4.40. The summed E-state index contributed by atoms with van der Waals surface area (Å²) in [4.78, 5) is 42.3. The Labute approximate surface area is 178 Å². The van der Waals surface area contributed by atoms with Crippen molar-refractivity contribution in [3.05, 3.63) is 76.1 Å². The van der Waals surface area contributed by atoms with Gasteiger partial charge in [-0.15, -0.1) is 11.3 Å². The number of nitrogens with two attached hydrogens (primary N) is 1. The molecule has 6 nitrogen and oxygen atoms in total. The highest BCUT2D eigenvalue weighted by molar-refractivity contribution is 7.14. The molecule has 0 spiro atoms. The topological polar surface area (TPSA) is 102 Å². The number of hydrogen-bond donors (Lipinski definition) is 2. The zero-order chi connectivity index (χ0) is 21.1. The minimum atomic E-state index is -1.07. The summed E-state index contributed by atoms with van der Waals surface area (Å²) in [6.07, 6.45) is 2.32.